The van der Waals surface area contributed by atoms with E-state index in [1.165, 1.54) is 6.07 Å². The summed E-state index contributed by atoms with van der Waals surface area (Å²) in [5.74, 6) is -0.679. The molecule has 1 aliphatic carbocycles. The predicted octanol–water partition coefficient (Wildman–Crippen LogP) is 6.71. The normalized spacial score (nSPS) is 13.0. The Hall–Kier alpha value is -4.67. The highest BCUT2D eigenvalue weighted by Crippen LogP contribution is 2.31. The van der Waals surface area contributed by atoms with Crippen LogP contribution in [0.3, 0.4) is 0 Å². The standard InChI is InChI=1S/C28H19ClN4O3/c1-16-5-12-21(13-22(16)27(34)35)36-28-31-24-14-23(29)25(32-26(24)33-28)20-4-2-3-18(10-11-20)19-8-6-17(15-30)7-9-19/h3-14H,2H2,1H3,(H,34,35)(H,31,32,33). The Kier molecular flexibility index (Phi) is 6.11. The monoisotopic (exact) mass is 494 g/mol. The fourth-order valence-electron chi connectivity index (χ4n) is 3.91. The van der Waals surface area contributed by atoms with Crippen molar-refractivity contribution in [3.05, 3.63) is 106 Å². The predicted molar refractivity (Wildman–Crippen MR) is 138 cm³/mol. The van der Waals surface area contributed by atoms with Crippen LogP contribution in [0, 0.1) is 18.3 Å². The van der Waals surface area contributed by atoms with Crippen LogP contribution in [0.1, 0.15) is 39.2 Å². The highest BCUT2D eigenvalue weighted by Gasteiger charge is 2.15. The van der Waals surface area contributed by atoms with Gasteiger partial charge in [-0.1, -0.05) is 54.1 Å². The number of carboxylic acid groups (broad SMARTS) is 1. The van der Waals surface area contributed by atoms with E-state index in [2.05, 4.69) is 27.1 Å². The maximum atomic E-state index is 11.4. The summed E-state index contributed by atoms with van der Waals surface area (Å²) >= 11 is 6.58. The average Bonchev–Trinajstić information content (AvgIpc) is 3.09. The van der Waals surface area contributed by atoms with Gasteiger partial charge in [0.15, 0.2) is 5.65 Å². The van der Waals surface area contributed by atoms with Gasteiger partial charge in [0.25, 0.3) is 0 Å². The number of H-pyrrole nitrogens is 1. The maximum Gasteiger partial charge on any atom is 0.336 e. The molecule has 0 amide bonds. The van der Waals surface area contributed by atoms with E-state index in [-0.39, 0.29) is 11.6 Å². The number of carbonyl (C=O) groups is 1. The fraction of sp³-hybridized carbons (Fsp3) is 0.0714. The van der Waals surface area contributed by atoms with Gasteiger partial charge in [-0.2, -0.15) is 10.2 Å². The Bertz CT molecular complexity index is 1640. The minimum Gasteiger partial charge on any atom is -0.478 e. The molecule has 0 aliphatic heterocycles. The molecule has 0 spiro atoms. The quantitative estimate of drug-likeness (QED) is 0.319. The van der Waals surface area contributed by atoms with Crippen LogP contribution in [0.2, 0.25) is 5.02 Å². The number of fused-ring (bicyclic) bond motifs is 1. The van der Waals surface area contributed by atoms with Crippen LogP contribution in [0.25, 0.3) is 22.3 Å². The molecule has 2 N–H and O–H groups in total. The number of nitrogens with zero attached hydrogens (tertiary/aromatic N) is 3. The van der Waals surface area contributed by atoms with Gasteiger partial charge in [-0.05, 0) is 65.9 Å². The minimum atomic E-state index is -1.03. The Morgan fingerprint density at radius 2 is 1.83 bits per heavy atom. The van der Waals surface area contributed by atoms with Gasteiger partial charge in [-0.15, -0.1) is 0 Å². The smallest absolute Gasteiger partial charge is 0.336 e. The first kappa shape index (κ1) is 23.1. The highest BCUT2D eigenvalue weighted by molar-refractivity contribution is 6.32. The number of hydrogen-bond donors (Lipinski definition) is 2. The number of hydrogen-bond acceptors (Lipinski definition) is 5. The van der Waals surface area contributed by atoms with Gasteiger partial charge in [0.05, 0.1) is 33.4 Å². The highest BCUT2D eigenvalue weighted by atomic mass is 35.5. The van der Waals surface area contributed by atoms with E-state index >= 15 is 0 Å². The van der Waals surface area contributed by atoms with Crippen LogP contribution in [-0.2, 0) is 0 Å². The van der Waals surface area contributed by atoms with Crippen molar-refractivity contribution in [2.45, 2.75) is 13.3 Å². The van der Waals surface area contributed by atoms with Gasteiger partial charge in [-0.3, -0.25) is 0 Å². The van der Waals surface area contributed by atoms with Crippen molar-refractivity contribution >= 4 is 39.9 Å². The van der Waals surface area contributed by atoms with E-state index in [1.807, 2.05) is 30.4 Å². The van der Waals surface area contributed by atoms with Gasteiger partial charge in [0.2, 0.25) is 0 Å². The molecule has 2 aromatic heterocycles. The molecule has 0 unspecified atom stereocenters. The van der Waals surface area contributed by atoms with Crippen molar-refractivity contribution in [3.8, 4) is 17.8 Å². The van der Waals surface area contributed by atoms with Crippen LogP contribution >= 0.6 is 11.6 Å². The number of allylic oxidation sites excluding steroid dienone is 6. The molecule has 0 saturated carbocycles. The fourth-order valence-corrected chi connectivity index (χ4v) is 4.17. The van der Waals surface area contributed by atoms with Crippen LogP contribution in [-0.4, -0.2) is 26.0 Å². The molecular formula is C28H19ClN4O3. The molecule has 0 radical (unpaired) electrons. The molecule has 0 bridgehead atoms. The largest absolute Gasteiger partial charge is 0.478 e. The zero-order valence-corrected chi connectivity index (χ0v) is 19.9. The van der Waals surface area contributed by atoms with E-state index in [9.17, 15) is 9.90 Å². The first-order chi connectivity index (χ1) is 17.4. The summed E-state index contributed by atoms with van der Waals surface area (Å²) in [6, 6.07) is 16.3. The van der Waals surface area contributed by atoms with Crippen molar-refractivity contribution in [3.63, 3.8) is 0 Å². The molecule has 7 nitrogen and oxygen atoms in total. The summed E-state index contributed by atoms with van der Waals surface area (Å²) in [7, 11) is 0. The van der Waals surface area contributed by atoms with Gasteiger partial charge in [0.1, 0.15) is 5.75 Å². The number of aromatic amines is 1. The van der Waals surface area contributed by atoms with Crippen molar-refractivity contribution in [1.82, 2.24) is 15.0 Å². The summed E-state index contributed by atoms with van der Waals surface area (Å²) in [6.07, 6.45) is 8.78. The number of aromatic nitrogens is 3. The van der Waals surface area contributed by atoms with Crippen molar-refractivity contribution in [2.75, 3.05) is 0 Å². The maximum absolute atomic E-state index is 11.4. The number of aryl methyl sites for hydroxylation is 1. The number of halogens is 1. The molecule has 0 saturated heterocycles. The molecule has 1 aliphatic rings. The Morgan fingerprint density at radius 3 is 2.58 bits per heavy atom. The van der Waals surface area contributed by atoms with Crippen LogP contribution in [0.5, 0.6) is 11.8 Å². The number of rotatable bonds is 5. The molecule has 36 heavy (non-hydrogen) atoms. The summed E-state index contributed by atoms with van der Waals surface area (Å²) in [5, 5.41) is 18.8. The van der Waals surface area contributed by atoms with Crippen LogP contribution < -0.4 is 4.74 Å². The molecule has 0 atom stereocenters. The first-order valence-electron chi connectivity index (χ1n) is 11.1. The van der Waals surface area contributed by atoms with Gasteiger partial charge in [0, 0.05) is 0 Å². The topological polar surface area (TPSA) is 112 Å². The third kappa shape index (κ3) is 4.63. The molecule has 176 valence electrons. The van der Waals surface area contributed by atoms with Crippen molar-refractivity contribution < 1.29 is 14.6 Å². The number of benzene rings is 2. The second-order valence-corrected chi connectivity index (χ2v) is 8.60. The molecule has 2 aromatic carbocycles. The second-order valence-electron chi connectivity index (χ2n) is 8.19. The lowest BCUT2D eigenvalue weighted by Crippen LogP contribution is -2.00. The lowest BCUT2D eigenvalue weighted by atomic mass is 10.0. The molecule has 5 rings (SSSR count). The number of ether oxygens (including phenoxy) is 1. The number of aromatic carboxylic acids is 1. The number of imidazole rings is 1. The van der Waals surface area contributed by atoms with Gasteiger partial charge >= 0.3 is 12.0 Å². The summed E-state index contributed by atoms with van der Waals surface area (Å²) in [5.41, 5.74) is 5.95. The van der Waals surface area contributed by atoms with E-state index in [1.54, 1.807) is 37.3 Å². The number of pyridine rings is 1. The molecule has 0 fully saturated rings. The third-order valence-corrected chi connectivity index (χ3v) is 6.09. The molecule has 2 heterocycles. The summed E-state index contributed by atoms with van der Waals surface area (Å²) < 4.78 is 5.76. The number of nitrogens with one attached hydrogen (secondary N) is 1. The van der Waals surface area contributed by atoms with E-state index in [4.69, 9.17) is 21.6 Å². The van der Waals surface area contributed by atoms with Crippen molar-refractivity contribution in [2.24, 2.45) is 0 Å². The zero-order valence-electron chi connectivity index (χ0n) is 19.1. The molecule has 8 heteroatoms. The van der Waals surface area contributed by atoms with Gasteiger partial charge in [-0.25, -0.2) is 9.78 Å². The second kappa shape index (κ2) is 9.53. The van der Waals surface area contributed by atoms with E-state index in [0.717, 1.165) is 16.7 Å². The third-order valence-electron chi connectivity index (χ3n) is 5.80. The minimum absolute atomic E-state index is 0.160. The van der Waals surface area contributed by atoms with Crippen LogP contribution in [0.4, 0.5) is 0 Å². The summed E-state index contributed by atoms with van der Waals surface area (Å²) in [6.45, 7) is 1.72. The lowest BCUT2D eigenvalue weighted by Gasteiger charge is -2.05. The lowest BCUT2D eigenvalue weighted by molar-refractivity contribution is 0.0695. The first-order valence-corrected chi connectivity index (χ1v) is 11.5. The van der Waals surface area contributed by atoms with Crippen LogP contribution in [0.15, 0.2) is 72.8 Å². The SMILES string of the molecule is Cc1ccc(Oc2nc3nc(C4=CCC=C(c5ccc(C#N)cc5)C=C4)c(Cl)cc3[nH]2)cc1C(=O)O. The van der Waals surface area contributed by atoms with E-state index < -0.39 is 5.97 Å². The summed E-state index contributed by atoms with van der Waals surface area (Å²) in [4.78, 5) is 23.5. The number of nitriles is 1. The van der Waals surface area contributed by atoms with Gasteiger partial charge < -0.3 is 14.8 Å². The van der Waals surface area contributed by atoms with E-state index in [0.29, 0.717) is 45.2 Å². The number of carboxylic acids is 1. The Morgan fingerprint density at radius 1 is 1.08 bits per heavy atom. The Balaban J connectivity index is 1.41. The average molecular weight is 495 g/mol. The zero-order chi connectivity index (χ0) is 25.2. The molecule has 4 aromatic rings. The van der Waals surface area contributed by atoms with Crippen molar-refractivity contribution in [1.29, 1.82) is 5.26 Å². The Labute approximate surface area is 211 Å². The molecular weight excluding hydrogens is 476 g/mol.